The second kappa shape index (κ2) is 10.1. The van der Waals surface area contributed by atoms with Crippen molar-refractivity contribution in [1.82, 2.24) is 9.97 Å². The number of allylic oxidation sites excluding steroid dienone is 2. The topological polar surface area (TPSA) is 70.5 Å². The molecule has 0 spiro atoms. The van der Waals surface area contributed by atoms with Gasteiger partial charge in [-0.1, -0.05) is 32.3 Å². The quantitative estimate of drug-likeness (QED) is 0.421. The summed E-state index contributed by atoms with van der Waals surface area (Å²) in [7, 11) is 4.70. The summed E-state index contributed by atoms with van der Waals surface area (Å²) in [6.07, 6.45) is 6.47. The lowest BCUT2D eigenvalue weighted by Gasteiger charge is -2.28. The number of carbonyl (C=O) groups excluding carboxylic acids is 1. The molecule has 0 radical (unpaired) electrons. The zero-order chi connectivity index (χ0) is 24.2. The molecule has 1 saturated carbocycles. The van der Waals surface area contributed by atoms with E-state index in [1.165, 1.54) is 0 Å². The van der Waals surface area contributed by atoms with E-state index in [9.17, 15) is 4.79 Å². The molecule has 1 aromatic heterocycles. The van der Waals surface area contributed by atoms with E-state index in [0.717, 1.165) is 24.8 Å². The first-order valence-electron chi connectivity index (χ1n) is 11.2. The summed E-state index contributed by atoms with van der Waals surface area (Å²) in [6, 6.07) is 3.63. The van der Waals surface area contributed by atoms with Crippen molar-refractivity contribution < 1.29 is 19.0 Å². The number of nitrogens with zero attached hydrogens (tertiary/aromatic N) is 2. The number of benzene rings is 1. The molecule has 1 aliphatic carbocycles. The molecule has 1 aromatic carbocycles. The van der Waals surface area contributed by atoms with Crippen LogP contribution in [-0.2, 0) is 4.79 Å². The zero-order valence-corrected chi connectivity index (χ0v) is 20.5. The van der Waals surface area contributed by atoms with E-state index in [4.69, 9.17) is 19.2 Å². The number of hydrogen-bond donors (Lipinski definition) is 0. The highest BCUT2D eigenvalue weighted by atomic mass is 16.5. The fraction of sp³-hybridized carbons (Fsp3) is 0.444. The number of methoxy groups -OCH3 is 3. The second-order valence-corrected chi connectivity index (χ2v) is 8.48. The number of rotatable bonds is 7. The Kier molecular flexibility index (Phi) is 7.43. The van der Waals surface area contributed by atoms with Gasteiger partial charge in [-0.2, -0.15) is 0 Å². The van der Waals surface area contributed by atoms with Crippen LogP contribution in [0.5, 0.6) is 17.2 Å². The lowest BCUT2D eigenvalue weighted by molar-refractivity contribution is -0.123. The van der Waals surface area contributed by atoms with E-state index >= 15 is 0 Å². The van der Waals surface area contributed by atoms with Gasteiger partial charge in [0.05, 0.1) is 33.2 Å². The molecule has 6 nitrogen and oxygen atoms in total. The monoisotopic (exact) mass is 448 g/mol. The molecular formula is C27H32N2O4. The van der Waals surface area contributed by atoms with Crippen molar-refractivity contribution in [2.24, 2.45) is 11.3 Å². The molecule has 2 atom stereocenters. The Balaban J connectivity index is 2.17. The molecule has 0 saturated heterocycles. The van der Waals surface area contributed by atoms with Crippen LogP contribution in [0.15, 0.2) is 24.4 Å². The number of ether oxygens (including phenoxy) is 3. The summed E-state index contributed by atoms with van der Waals surface area (Å²) >= 11 is 0. The Morgan fingerprint density at radius 2 is 1.85 bits per heavy atom. The molecule has 0 unspecified atom stereocenters. The minimum Gasteiger partial charge on any atom is -0.493 e. The zero-order valence-electron chi connectivity index (χ0n) is 20.5. The van der Waals surface area contributed by atoms with Crippen LogP contribution in [0.4, 0.5) is 0 Å². The molecule has 1 aliphatic rings. The summed E-state index contributed by atoms with van der Waals surface area (Å²) < 4.78 is 16.4. The Bertz CT molecular complexity index is 1120. The van der Waals surface area contributed by atoms with Gasteiger partial charge in [-0.15, -0.1) is 0 Å². The maximum atomic E-state index is 13.8. The van der Waals surface area contributed by atoms with E-state index in [2.05, 4.69) is 30.7 Å². The Labute approximate surface area is 196 Å². The van der Waals surface area contributed by atoms with Crippen LogP contribution in [0.2, 0.25) is 0 Å². The third-order valence-corrected chi connectivity index (χ3v) is 6.70. The fourth-order valence-electron chi connectivity index (χ4n) is 4.52. The molecule has 0 N–H and O–H groups in total. The van der Waals surface area contributed by atoms with Crippen molar-refractivity contribution in [3.05, 3.63) is 35.8 Å². The third kappa shape index (κ3) is 4.45. The van der Waals surface area contributed by atoms with E-state index in [-0.39, 0.29) is 5.78 Å². The summed E-state index contributed by atoms with van der Waals surface area (Å²) in [5, 5.41) is 0. The summed E-state index contributed by atoms with van der Waals surface area (Å²) in [5.74, 6) is 7.85. The predicted octanol–water partition coefficient (Wildman–Crippen LogP) is 5.34. The fourth-order valence-corrected chi connectivity index (χ4v) is 4.52. The molecule has 2 aromatic rings. The standard InChI is InChI=1S/C27H32N2O4/c1-8-11-20-24(19(9-2)26(30)27(4)13-10-12-17(27)3)29-21(16-28-20)18-14-22(31-5)25(33-7)23(15-18)32-6/h9,14-17H,10,12-13H2,1-7H3/b19-9+/t17-,27-/m0/s1. The highest BCUT2D eigenvalue weighted by Gasteiger charge is 2.44. The van der Waals surface area contributed by atoms with Gasteiger partial charge in [-0.3, -0.25) is 4.79 Å². The largest absolute Gasteiger partial charge is 0.493 e. The molecule has 174 valence electrons. The lowest BCUT2D eigenvalue weighted by atomic mass is 9.74. The van der Waals surface area contributed by atoms with Crippen LogP contribution in [-0.4, -0.2) is 37.1 Å². The molecule has 1 fully saturated rings. The number of hydrogen-bond acceptors (Lipinski definition) is 6. The number of carbonyl (C=O) groups is 1. The number of ketones is 1. The van der Waals surface area contributed by atoms with Gasteiger partial charge in [0.25, 0.3) is 0 Å². The highest BCUT2D eigenvalue weighted by Crippen LogP contribution is 2.46. The van der Waals surface area contributed by atoms with Crippen molar-refractivity contribution in [1.29, 1.82) is 0 Å². The van der Waals surface area contributed by atoms with Crippen molar-refractivity contribution in [2.75, 3.05) is 21.3 Å². The first-order valence-corrected chi connectivity index (χ1v) is 11.2. The number of Topliss-reactive ketones (excluding diaryl/α,β-unsaturated/α-hetero) is 1. The Morgan fingerprint density at radius 3 is 2.33 bits per heavy atom. The average Bonchev–Trinajstić information content (AvgIpc) is 3.18. The molecular weight excluding hydrogens is 416 g/mol. The van der Waals surface area contributed by atoms with Crippen LogP contribution >= 0.6 is 0 Å². The highest BCUT2D eigenvalue weighted by molar-refractivity contribution is 6.23. The third-order valence-electron chi connectivity index (χ3n) is 6.70. The average molecular weight is 449 g/mol. The molecule has 0 bridgehead atoms. The minimum atomic E-state index is -0.414. The maximum Gasteiger partial charge on any atom is 0.203 e. The second-order valence-electron chi connectivity index (χ2n) is 8.48. The van der Waals surface area contributed by atoms with Gasteiger partial charge in [0.2, 0.25) is 5.75 Å². The van der Waals surface area contributed by atoms with Crippen molar-refractivity contribution >= 4 is 11.4 Å². The first-order chi connectivity index (χ1) is 15.8. The molecule has 3 rings (SSSR count). The van der Waals surface area contributed by atoms with Crippen LogP contribution in [0, 0.1) is 23.2 Å². The van der Waals surface area contributed by atoms with E-state index in [1.54, 1.807) is 34.4 Å². The van der Waals surface area contributed by atoms with Crippen LogP contribution in [0.25, 0.3) is 16.8 Å². The number of aromatic nitrogens is 2. The Hall–Kier alpha value is -3.33. The molecule has 1 heterocycles. The van der Waals surface area contributed by atoms with Gasteiger partial charge in [0.1, 0.15) is 11.4 Å². The first kappa shape index (κ1) is 24.3. The van der Waals surface area contributed by atoms with Gasteiger partial charge in [-0.05, 0) is 50.7 Å². The summed E-state index contributed by atoms with van der Waals surface area (Å²) in [6.45, 7) is 7.84. The minimum absolute atomic E-state index is 0.102. The van der Waals surface area contributed by atoms with E-state index < -0.39 is 5.41 Å². The molecule has 0 amide bonds. The van der Waals surface area contributed by atoms with Crippen LogP contribution < -0.4 is 14.2 Å². The van der Waals surface area contributed by atoms with Gasteiger partial charge in [0, 0.05) is 16.6 Å². The lowest BCUT2D eigenvalue weighted by Crippen LogP contribution is -2.31. The predicted molar refractivity (Wildman–Crippen MR) is 129 cm³/mol. The van der Waals surface area contributed by atoms with Gasteiger partial charge in [0.15, 0.2) is 17.3 Å². The Morgan fingerprint density at radius 1 is 1.18 bits per heavy atom. The smallest absolute Gasteiger partial charge is 0.203 e. The van der Waals surface area contributed by atoms with E-state index in [0.29, 0.717) is 45.8 Å². The molecule has 0 aliphatic heterocycles. The maximum absolute atomic E-state index is 13.8. The molecule has 33 heavy (non-hydrogen) atoms. The molecule has 6 heteroatoms. The van der Waals surface area contributed by atoms with Crippen LogP contribution in [0.3, 0.4) is 0 Å². The summed E-state index contributed by atoms with van der Waals surface area (Å²) in [4.78, 5) is 23.2. The summed E-state index contributed by atoms with van der Waals surface area (Å²) in [5.41, 5.74) is 2.46. The van der Waals surface area contributed by atoms with Crippen LogP contribution in [0.1, 0.15) is 58.3 Å². The van der Waals surface area contributed by atoms with Gasteiger partial charge >= 0.3 is 0 Å². The SMILES string of the molecule is CC#Cc1ncc(-c2cc(OC)c(OC)c(OC)c2)nc1/C(=C\C)C(=O)[C@@]1(C)CCC[C@@H]1C. The van der Waals surface area contributed by atoms with Gasteiger partial charge in [-0.25, -0.2) is 9.97 Å². The van der Waals surface area contributed by atoms with Crippen molar-refractivity contribution in [3.63, 3.8) is 0 Å². The van der Waals surface area contributed by atoms with Crippen molar-refractivity contribution in [3.8, 4) is 40.3 Å². The van der Waals surface area contributed by atoms with Gasteiger partial charge < -0.3 is 14.2 Å². The van der Waals surface area contributed by atoms with E-state index in [1.807, 2.05) is 25.1 Å². The van der Waals surface area contributed by atoms with Crippen molar-refractivity contribution in [2.45, 2.75) is 47.0 Å². The normalized spacial score (nSPS) is 20.1.